The first-order chi connectivity index (χ1) is 17.4. The number of carboxylic acids is 1. The van der Waals surface area contributed by atoms with E-state index in [-0.39, 0.29) is 13.0 Å². The van der Waals surface area contributed by atoms with Gasteiger partial charge in [0.25, 0.3) is 0 Å². The van der Waals surface area contributed by atoms with Crippen LogP contribution in [0.2, 0.25) is 0 Å². The molecule has 10 heteroatoms. The summed E-state index contributed by atoms with van der Waals surface area (Å²) < 4.78 is 20.8. The second-order valence-electron chi connectivity index (χ2n) is 10.2. The summed E-state index contributed by atoms with van der Waals surface area (Å²) in [5.74, 6) is 0.668. The van der Waals surface area contributed by atoms with Crippen LogP contribution in [0.3, 0.4) is 0 Å². The third kappa shape index (κ3) is 6.46. The average Bonchev–Trinajstić information content (AvgIpc) is 3.44. The topological polar surface area (TPSA) is 98.2 Å². The maximum atomic E-state index is 12.8. The Morgan fingerprint density at radius 1 is 1.27 bits per heavy atom. The van der Waals surface area contributed by atoms with Gasteiger partial charge in [0.1, 0.15) is 0 Å². The van der Waals surface area contributed by atoms with Crippen molar-refractivity contribution in [3.63, 3.8) is 0 Å². The van der Waals surface area contributed by atoms with Crippen LogP contribution in [-0.2, 0) is 14.3 Å². The van der Waals surface area contributed by atoms with E-state index < -0.39 is 51.0 Å². The molecule has 200 valence electrons. The van der Waals surface area contributed by atoms with E-state index in [4.69, 9.17) is 19.2 Å². The monoisotopic (exact) mass is 639 g/mol. The van der Waals surface area contributed by atoms with Gasteiger partial charge in [0.2, 0.25) is 0 Å². The van der Waals surface area contributed by atoms with Gasteiger partial charge in [-0.15, -0.1) is 0 Å². The van der Waals surface area contributed by atoms with Crippen molar-refractivity contribution in [3.05, 3.63) is 53.6 Å². The fraction of sp³-hybridized carbons (Fsp3) is 0.444. The number of carbonyl (C=O) groups excluding carboxylic acids is 1. The Bertz CT molecular complexity index is 1250. The average molecular weight is 640 g/mol. The minimum absolute atomic E-state index is 0.123. The molecule has 1 N–H and O–H groups in total. The number of carbonyl (C=O) groups is 2. The molecule has 0 bridgehead atoms. The van der Waals surface area contributed by atoms with E-state index in [0.29, 0.717) is 11.7 Å². The zero-order valence-electron chi connectivity index (χ0n) is 21.8. The fourth-order valence-corrected chi connectivity index (χ4v) is 7.58. The van der Waals surface area contributed by atoms with Crippen LogP contribution in [-0.4, -0.2) is 58.5 Å². The first kappa shape index (κ1) is 27.4. The van der Waals surface area contributed by atoms with Crippen LogP contribution >= 0.6 is 11.3 Å². The molecule has 1 aromatic carbocycles. The van der Waals surface area contributed by atoms with Gasteiger partial charge < -0.3 is 0 Å². The van der Waals surface area contributed by atoms with Crippen LogP contribution < -0.4 is 25.9 Å². The molecule has 2 aliphatic rings. The number of ether oxygens (including phenoxy) is 3. The Kier molecular flexibility index (Phi) is 8.17. The number of carboxylic acid groups (broad SMARTS) is 1. The third-order valence-electron chi connectivity index (χ3n) is 5.85. The van der Waals surface area contributed by atoms with E-state index in [0.717, 1.165) is 31.2 Å². The van der Waals surface area contributed by atoms with E-state index in [2.05, 4.69) is 23.3 Å². The molecule has 1 saturated heterocycles. The van der Waals surface area contributed by atoms with E-state index in [9.17, 15) is 14.7 Å². The number of fused-ring (bicyclic) bond motifs is 1. The standard InChI is InChI=1S/C27H32IN2O6S/c1-15(2)21-14-37-24(29-21)16-9-23(19-8-7-17(34-6)10-20(19)28-12-16)35-18-11-22(25(31)32)30(13-18)26(33)36-27(3,4)5/h7-10,12,14-15,18,22H,11,13H2,1-6H3,(H,31,32)/q-1/t18-,22+/m1/s1. The van der Waals surface area contributed by atoms with E-state index in [1.165, 1.54) is 4.90 Å². The number of aromatic nitrogens is 1. The molecule has 3 heterocycles. The van der Waals surface area contributed by atoms with Gasteiger partial charge in [-0.3, -0.25) is 0 Å². The number of benzene rings is 1. The molecule has 0 unspecified atom stereocenters. The Hall–Kier alpha value is -2.60. The fourth-order valence-electron chi connectivity index (χ4n) is 3.99. The number of likely N-dealkylation sites (tertiary alicyclic amines) is 1. The van der Waals surface area contributed by atoms with Gasteiger partial charge in [-0.2, -0.15) is 0 Å². The Morgan fingerprint density at radius 2 is 2.03 bits per heavy atom. The van der Waals surface area contributed by atoms with E-state index >= 15 is 0 Å². The van der Waals surface area contributed by atoms with Gasteiger partial charge in [-0.05, 0) is 0 Å². The van der Waals surface area contributed by atoms with Gasteiger partial charge in [-0.1, -0.05) is 0 Å². The summed E-state index contributed by atoms with van der Waals surface area (Å²) in [4.78, 5) is 30.9. The zero-order valence-corrected chi connectivity index (χ0v) is 24.8. The molecule has 0 saturated carbocycles. The van der Waals surface area contributed by atoms with Crippen molar-refractivity contribution in [2.75, 3.05) is 13.7 Å². The third-order valence-corrected chi connectivity index (χ3v) is 9.30. The number of rotatable bonds is 6. The molecule has 8 nitrogen and oxygen atoms in total. The number of halogens is 1. The molecular formula is C27H32IN2O6S-. The molecular weight excluding hydrogens is 607 g/mol. The van der Waals surface area contributed by atoms with Crippen molar-refractivity contribution < 1.29 is 50.1 Å². The summed E-state index contributed by atoms with van der Waals surface area (Å²) in [6, 6.07) is 4.89. The molecule has 1 amide bonds. The molecule has 1 fully saturated rings. The number of thiazole rings is 1. The van der Waals surface area contributed by atoms with E-state index in [1.54, 1.807) is 39.2 Å². The molecule has 1 aromatic heterocycles. The van der Waals surface area contributed by atoms with Crippen LogP contribution in [0.15, 0.2) is 33.7 Å². The number of amides is 1. The summed E-state index contributed by atoms with van der Waals surface area (Å²) in [7, 11) is 1.64. The van der Waals surface area contributed by atoms with Crippen LogP contribution in [0.1, 0.15) is 63.2 Å². The molecule has 0 radical (unpaired) electrons. The molecule has 2 atom stereocenters. The van der Waals surface area contributed by atoms with Gasteiger partial charge in [0, 0.05) is 0 Å². The predicted molar refractivity (Wildman–Crippen MR) is 138 cm³/mol. The summed E-state index contributed by atoms with van der Waals surface area (Å²) in [6.07, 6.45) is 1.00. The normalized spacial score (nSPS) is 19.8. The van der Waals surface area contributed by atoms with E-state index in [1.807, 2.05) is 24.3 Å². The number of aliphatic carboxylic acids is 1. The number of hydrogen-bond acceptors (Lipinski definition) is 7. The molecule has 0 spiro atoms. The van der Waals surface area contributed by atoms with Crippen molar-refractivity contribution >= 4 is 34.7 Å². The molecule has 2 aliphatic heterocycles. The summed E-state index contributed by atoms with van der Waals surface area (Å²) in [6.45, 7) is 9.63. The van der Waals surface area contributed by atoms with Crippen LogP contribution in [0.25, 0.3) is 11.3 Å². The first-order valence-electron chi connectivity index (χ1n) is 12.0. The van der Waals surface area contributed by atoms with Gasteiger partial charge in [0.15, 0.2) is 0 Å². The van der Waals surface area contributed by atoms with Gasteiger partial charge in [-0.25, -0.2) is 0 Å². The predicted octanol–water partition coefficient (Wildman–Crippen LogP) is 2.41. The summed E-state index contributed by atoms with van der Waals surface area (Å²) in [5.41, 5.74) is 2.26. The number of allylic oxidation sites excluding steroid dienone is 2. The van der Waals surface area contributed by atoms with Gasteiger partial charge >= 0.3 is 232 Å². The summed E-state index contributed by atoms with van der Waals surface area (Å²) in [5, 5.41) is 12.8. The maximum absolute atomic E-state index is 12.8. The minimum atomic E-state index is -1.08. The second-order valence-corrected chi connectivity index (χ2v) is 13.5. The van der Waals surface area contributed by atoms with Crippen molar-refractivity contribution in [1.29, 1.82) is 0 Å². The zero-order chi connectivity index (χ0) is 26.9. The van der Waals surface area contributed by atoms with Crippen LogP contribution in [0.5, 0.6) is 5.75 Å². The Balaban J connectivity index is 1.66. The Morgan fingerprint density at radius 3 is 2.65 bits per heavy atom. The Labute approximate surface area is 231 Å². The van der Waals surface area contributed by atoms with Crippen molar-refractivity contribution in [3.8, 4) is 5.75 Å². The number of methoxy groups -OCH3 is 1. The second kappa shape index (κ2) is 11.0. The van der Waals surface area contributed by atoms with Crippen LogP contribution in [0, 0.1) is 3.57 Å². The number of hydrogen-bond donors (Lipinski definition) is 1. The van der Waals surface area contributed by atoms with Crippen molar-refractivity contribution in [1.82, 2.24) is 9.88 Å². The molecule has 0 aliphatic carbocycles. The van der Waals surface area contributed by atoms with Crippen LogP contribution in [0.4, 0.5) is 4.79 Å². The SMILES string of the molecule is COc1ccc2c(c1)[I-]C=C(c1nc(C(C)C)cs1)C=C2O[C@@H]1C[C@@H](C(=O)O)N(C(=O)OC(C)(C)C)C1. The molecule has 2 aromatic rings. The summed E-state index contributed by atoms with van der Waals surface area (Å²) >= 11 is 1.09. The van der Waals surface area contributed by atoms with Gasteiger partial charge in [0.05, 0.1) is 0 Å². The first-order valence-corrected chi connectivity index (χ1v) is 15.2. The quantitative estimate of drug-likeness (QED) is 0.485. The molecule has 4 rings (SSSR count). The van der Waals surface area contributed by atoms with Crippen molar-refractivity contribution in [2.45, 2.75) is 64.7 Å². The van der Waals surface area contributed by atoms with Crippen molar-refractivity contribution in [2.24, 2.45) is 0 Å². The molecule has 37 heavy (non-hydrogen) atoms. The number of nitrogens with zero attached hydrogens (tertiary/aromatic N) is 2.